The molecule has 5 aromatic rings. The summed E-state index contributed by atoms with van der Waals surface area (Å²) in [6.07, 6.45) is 4.05. The fourth-order valence-corrected chi connectivity index (χ4v) is 6.00. The van der Waals surface area contributed by atoms with E-state index in [1.54, 1.807) is 55.8 Å². The van der Waals surface area contributed by atoms with Crippen LogP contribution in [-0.4, -0.2) is 48.7 Å². The van der Waals surface area contributed by atoms with Gasteiger partial charge in [0.1, 0.15) is 17.0 Å². The second-order valence-electron chi connectivity index (χ2n) is 10.7. The van der Waals surface area contributed by atoms with E-state index in [4.69, 9.17) is 10.2 Å². The van der Waals surface area contributed by atoms with E-state index >= 15 is 0 Å². The largest absolute Gasteiger partial charge is 0.419 e. The number of aromatic nitrogens is 5. The van der Waals surface area contributed by atoms with E-state index < -0.39 is 17.8 Å². The number of benzene rings is 2. The minimum absolute atomic E-state index is 0.0353. The molecule has 3 atom stereocenters. The van der Waals surface area contributed by atoms with Gasteiger partial charge in [-0.25, -0.2) is 13.8 Å². The van der Waals surface area contributed by atoms with Gasteiger partial charge in [-0.15, -0.1) is 21.5 Å². The van der Waals surface area contributed by atoms with Gasteiger partial charge in [-0.3, -0.25) is 14.8 Å². The van der Waals surface area contributed by atoms with E-state index in [9.17, 15) is 13.6 Å². The zero-order valence-electron chi connectivity index (χ0n) is 22.9. The summed E-state index contributed by atoms with van der Waals surface area (Å²) >= 11 is 1.42. The molecule has 0 aliphatic carbocycles. The quantitative estimate of drug-likeness (QED) is 0.267. The van der Waals surface area contributed by atoms with Crippen molar-refractivity contribution < 1.29 is 18.0 Å². The first-order chi connectivity index (χ1) is 20.2. The van der Waals surface area contributed by atoms with Crippen molar-refractivity contribution in [2.45, 2.75) is 44.4 Å². The SMILES string of the molecule is Cc1csc([C@H]2C[C@H](F)CN2C(=O)c2cc(-c3cnccn3)cc(-c3nnc([C@](C)(N)Cc4ccc(F)cc4)o3)c2)n1. The van der Waals surface area contributed by atoms with Crippen LogP contribution in [0.15, 0.2) is 70.9 Å². The third-order valence-electron chi connectivity index (χ3n) is 7.12. The van der Waals surface area contributed by atoms with Gasteiger partial charge in [-0.1, -0.05) is 12.1 Å². The number of aryl methyl sites for hydroxylation is 1. The molecule has 42 heavy (non-hydrogen) atoms. The molecule has 1 fully saturated rings. The number of carbonyl (C=O) groups excluding carboxylic acids is 1. The first kappa shape index (κ1) is 27.7. The molecule has 0 unspecified atom stereocenters. The Labute approximate surface area is 244 Å². The van der Waals surface area contributed by atoms with Crippen molar-refractivity contribution in [3.8, 4) is 22.7 Å². The van der Waals surface area contributed by atoms with Crippen LogP contribution in [0.1, 0.15) is 51.9 Å². The number of rotatable bonds is 7. The van der Waals surface area contributed by atoms with Crippen molar-refractivity contribution in [3.05, 3.63) is 100.0 Å². The van der Waals surface area contributed by atoms with E-state index in [0.717, 1.165) is 11.3 Å². The number of hydrogen-bond donors (Lipinski definition) is 1. The molecule has 1 amide bonds. The zero-order chi connectivity index (χ0) is 29.4. The molecule has 1 aliphatic heterocycles. The Balaban J connectivity index is 1.36. The summed E-state index contributed by atoms with van der Waals surface area (Å²) in [5.41, 5.74) is 9.05. The summed E-state index contributed by atoms with van der Waals surface area (Å²) in [5, 5.41) is 11.0. The summed E-state index contributed by atoms with van der Waals surface area (Å²) < 4.78 is 34.1. The Morgan fingerprint density at radius 2 is 1.95 bits per heavy atom. The molecular weight excluding hydrogens is 560 g/mol. The molecule has 0 bridgehead atoms. The van der Waals surface area contributed by atoms with E-state index in [2.05, 4.69) is 25.1 Å². The molecule has 1 aliphatic rings. The third-order valence-corrected chi connectivity index (χ3v) is 8.18. The number of likely N-dealkylation sites (tertiary alicyclic amines) is 1. The van der Waals surface area contributed by atoms with Crippen LogP contribution < -0.4 is 5.73 Å². The lowest BCUT2D eigenvalue weighted by molar-refractivity contribution is 0.0728. The molecule has 214 valence electrons. The summed E-state index contributed by atoms with van der Waals surface area (Å²) in [4.78, 5) is 28.5. The number of nitrogens with zero attached hydrogens (tertiary/aromatic N) is 6. The number of amides is 1. The maximum atomic E-state index is 14.7. The van der Waals surface area contributed by atoms with Crippen molar-refractivity contribution >= 4 is 17.2 Å². The van der Waals surface area contributed by atoms with Gasteiger partial charge in [0.05, 0.1) is 30.0 Å². The number of nitrogens with two attached hydrogens (primary N) is 1. The first-order valence-electron chi connectivity index (χ1n) is 13.3. The highest BCUT2D eigenvalue weighted by Crippen LogP contribution is 2.37. The van der Waals surface area contributed by atoms with Crippen molar-refractivity contribution in [2.24, 2.45) is 5.73 Å². The maximum Gasteiger partial charge on any atom is 0.254 e. The first-order valence-corrected chi connectivity index (χ1v) is 14.2. The molecule has 12 heteroatoms. The molecule has 2 aromatic carbocycles. The standard InChI is InChI=1S/C30H27F2N7O2S/c1-17-16-42-27(36-17)25-12-23(32)15-39(25)28(40)21-10-19(24-14-34-7-8-35-24)9-20(11-21)26-37-38-29(41-26)30(2,33)13-18-3-5-22(31)6-4-18/h3-11,14,16,23,25H,12-13,15,33H2,1-2H3/t23-,25+,30+/m0/s1. The second-order valence-corrected chi connectivity index (χ2v) is 11.5. The Morgan fingerprint density at radius 1 is 1.17 bits per heavy atom. The van der Waals surface area contributed by atoms with Crippen LogP contribution in [-0.2, 0) is 12.0 Å². The second kappa shape index (κ2) is 11.1. The molecule has 9 nitrogen and oxygen atoms in total. The smallest absolute Gasteiger partial charge is 0.254 e. The van der Waals surface area contributed by atoms with Crippen LogP contribution in [0.25, 0.3) is 22.7 Å². The lowest BCUT2D eigenvalue weighted by Crippen LogP contribution is -2.35. The molecule has 0 spiro atoms. The van der Waals surface area contributed by atoms with Crippen LogP contribution in [0.3, 0.4) is 0 Å². The van der Waals surface area contributed by atoms with Gasteiger partial charge >= 0.3 is 0 Å². The van der Waals surface area contributed by atoms with E-state index in [1.165, 1.54) is 28.4 Å². The van der Waals surface area contributed by atoms with Crippen molar-refractivity contribution in [2.75, 3.05) is 6.54 Å². The van der Waals surface area contributed by atoms with Gasteiger partial charge in [0.25, 0.3) is 5.91 Å². The van der Waals surface area contributed by atoms with Crippen molar-refractivity contribution in [1.29, 1.82) is 0 Å². The topological polar surface area (TPSA) is 124 Å². The average Bonchev–Trinajstić information content (AvgIpc) is 3.74. The Hall–Kier alpha value is -4.42. The van der Waals surface area contributed by atoms with E-state index in [-0.39, 0.29) is 36.5 Å². The highest BCUT2D eigenvalue weighted by molar-refractivity contribution is 7.09. The molecule has 2 N–H and O–H groups in total. The number of halogens is 2. The fourth-order valence-electron chi connectivity index (χ4n) is 5.08. The van der Waals surface area contributed by atoms with Crippen LogP contribution in [0, 0.1) is 12.7 Å². The fraction of sp³-hybridized carbons (Fsp3) is 0.267. The van der Waals surface area contributed by atoms with Gasteiger partial charge in [-0.2, -0.15) is 0 Å². The molecule has 3 aromatic heterocycles. The molecule has 6 rings (SSSR count). The summed E-state index contributed by atoms with van der Waals surface area (Å²) in [5.74, 6) is -0.356. The predicted molar refractivity (Wildman–Crippen MR) is 153 cm³/mol. The van der Waals surface area contributed by atoms with Crippen LogP contribution >= 0.6 is 11.3 Å². The summed E-state index contributed by atoms with van der Waals surface area (Å²) in [7, 11) is 0. The van der Waals surface area contributed by atoms with Crippen LogP contribution in [0.5, 0.6) is 0 Å². The monoisotopic (exact) mass is 587 g/mol. The molecule has 1 saturated heterocycles. The van der Waals surface area contributed by atoms with E-state index in [0.29, 0.717) is 33.8 Å². The van der Waals surface area contributed by atoms with Gasteiger partial charge in [0.2, 0.25) is 11.8 Å². The van der Waals surface area contributed by atoms with Crippen LogP contribution in [0.4, 0.5) is 8.78 Å². The normalized spacial score (nSPS) is 18.3. The van der Waals surface area contributed by atoms with Crippen molar-refractivity contribution in [3.63, 3.8) is 0 Å². The number of alkyl halides is 1. The average molecular weight is 588 g/mol. The highest BCUT2D eigenvalue weighted by Gasteiger charge is 2.38. The Morgan fingerprint density at radius 3 is 2.67 bits per heavy atom. The Kier molecular flexibility index (Phi) is 7.33. The molecule has 0 radical (unpaired) electrons. The molecule has 0 saturated carbocycles. The lowest BCUT2D eigenvalue weighted by atomic mass is 9.94. The molecular formula is C30H27F2N7O2S. The Bertz CT molecular complexity index is 1720. The predicted octanol–water partition coefficient (Wildman–Crippen LogP) is 5.44. The highest BCUT2D eigenvalue weighted by atomic mass is 32.1. The number of thiazole rings is 1. The molecule has 4 heterocycles. The summed E-state index contributed by atoms with van der Waals surface area (Å²) in [6, 6.07) is 10.7. The summed E-state index contributed by atoms with van der Waals surface area (Å²) in [6.45, 7) is 3.58. The van der Waals surface area contributed by atoms with Gasteiger partial charge in [0, 0.05) is 46.6 Å². The van der Waals surface area contributed by atoms with Gasteiger partial charge < -0.3 is 15.1 Å². The van der Waals surface area contributed by atoms with E-state index in [1.807, 2.05) is 12.3 Å². The van der Waals surface area contributed by atoms with Gasteiger partial charge in [0.15, 0.2) is 0 Å². The maximum absolute atomic E-state index is 14.7. The minimum atomic E-state index is -1.16. The van der Waals surface area contributed by atoms with Crippen LogP contribution in [0.2, 0.25) is 0 Å². The van der Waals surface area contributed by atoms with Crippen molar-refractivity contribution in [1.82, 2.24) is 30.0 Å². The lowest BCUT2D eigenvalue weighted by Gasteiger charge is -2.23. The van der Waals surface area contributed by atoms with Gasteiger partial charge in [-0.05, 0) is 56.2 Å². The number of hydrogen-bond acceptors (Lipinski definition) is 9. The zero-order valence-corrected chi connectivity index (χ0v) is 23.7. The third kappa shape index (κ3) is 5.68. The minimum Gasteiger partial charge on any atom is -0.419 e. The number of carbonyl (C=O) groups is 1.